The summed E-state index contributed by atoms with van der Waals surface area (Å²) in [5.74, 6) is 0. The summed E-state index contributed by atoms with van der Waals surface area (Å²) in [7, 11) is -15.6. The van der Waals surface area contributed by atoms with Gasteiger partial charge in [0, 0.05) is 0 Å². The largest absolute Gasteiger partial charge is 0.397 e. The van der Waals surface area contributed by atoms with Crippen molar-refractivity contribution in [1.29, 1.82) is 0 Å². The molecule has 144 valence electrons. The van der Waals surface area contributed by atoms with Crippen molar-refractivity contribution in [1.82, 2.24) is 4.72 Å². The smallest absolute Gasteiger partial charge is 0.388 e. The van der Waals surface area contributed by atoms with E-state index < -0.39 is 62.1 Å². The molecule has 0 radical (unpaired) electrons. The van der Waals surface area contributed by atoms with E-state index in [1.54, 1.807) is 0 Å². The first-order valence-electron chi connectivity index (χ1n) is 5.39. The highest BCUT2D eigenvalue weighted by atomic mass is 32.3. The molecule has 0 aromatic carbocycles. The van der Waals surface area contributed by atoms with E-state index in [9.17, 15) is 40.3 Å². The van der Waals surface area contributed by atoms with Gasteiger partial charge in [-0.05, 0) is 0 Å². The fraction of sp³-hybridized carbons (Fsp3) is 0.833. The molecule has 0 rings (SSSR count). The molecule has 6 N–H and O–H groups in total. The predicted octanol–water partition coefficient (Wildman–Crippen LogP) is -4.32. The van der Waals surface area contributed by atoms with Gasteiger partial charge in [0.1, 0.15) is 30.6 Å². The molecule has 0 aromatic rings. The molecule has 0 heterocycles. The van der Waals surface area contributed by atoms with Gasteiger partial charge < -0.3 is 15.0 Å². The monoisotopic (exact) mass is 419 g/mol. The van der Waals surface area contributed by atoms with Crippen molar-refractivity contribution in [2.45, 2.75) is 24.4 Å². The average molecular weight is 419 g/mol. The van der Waals surface area contributed by atoms with Crippen LogP contribution in [-0.2, 0) is 44.3 Å². The third-order valence-corrected chi connectivity index (χ3v) is 3.61. The molecule has 18 heteroatoms. The van der Waals surface area contributed by atoms with E-state index in [-0.39, 0.29) is 6.29 Å². The number of hydrogen-bond donors (Lipinski definition) is 6. The van der Waals surface area contributed by atoms with Gasteiger partial charge in [-0.25, -0.2) is 8.37 Å². The quantitative estimate of drug-likeness (QED) is 0.137. The van der Waals surface area contributed by atoms with Crippen molar-refractivity contribution in [3.8, 4) is 0 Å². The minimum absolute atomic E-state index is 0.372. The molecule has 0 fully saturated rings. The molecule has 0 aliphatic heterocycles. The summed E-state index contributed by atoms with van der Waals surface area (Å²) in [5, 5.41) is 19.1. The first-order chi connectivity index (χ1) is 10.6. The normalized spacial score (nSPS) is 18.5. The number of hydrogen-bond acceptors (Lipinski definition) is 11. The van der Waals surface area contributed by atoms with E-state index in [4.69, 9.17) is 13.7 Å². The van der Waals surface area contributed by atoms with Crippen molar-refractivity contribution < 1.29 is 62.3 Å². The van der Waals surface area contributed by atoms with Crippen LogP contribution in [0.15, 0.2) is 0 Å². The number of nitrogens with one attached hydrogen (secondary N) is 1. The standard InChI is InChI=1S/C6H13NO14S3/c8-1-3(7-22(11,12)13)6(21-24(17,18)19)5(10)4(9)2-20-23(14,15)16/h1,3-7,9-10H,2H2,(H,11,12,13)(H,14,15,16)(H,17,18,19). The van der Waals surface area contributed by atoms with Crippen LogP contribution >= 0.6 is 0 Å². The Morgan fingerprint density at radius 1 is 0.958 bits per heavy atom. The Hall–Kier alpha value is -0.800. The summed E-state index contributed by atoms with van der Waals surface area (Å²) in [6.07, 6.45) is -7.84. The Morgan fingerprint density at radius 3 is 1.79 bits per heavy atom. The fourth-order valence-corrected chi connectivity index (χ4v) is 2.65. The molecule has 15 nitrogen and oxygen atoms in total. The summed E-state index contributed by atoms with van der Waals surface area (Å²) in [4.78, 5) is 10.8. The maximum Gasteiger partial charge on any atom is 0.397 e. The topological polar surface area (TPSA) is 251 Å². The second kappa shape index (κ2) is 8.53. The number of aldehydes is 1. The first kappa shape index (κ1) is 23.2. The zero-order valence-electron chi connectivity index (χ0n) is 11.2. The highest BCUT2D eigenvalue weighted by Gasteiger charge is 2.39. The molecule has 0 amide bonds. The van der Waals surface area contributed by atoms with Gasteiger partial charge in [-0.3, -0.25) is 13.7 Å². The van der Waals surface area contributed by atoms with Crippen LogP contribution in [0.1, 0.15) is 0 Å². The molecular formula is C6H13NO14S3. The lowest BCUT2D eigenvalue weighted by Gasteiger charge is -2.28. The van der Waals surface area contributed by atoms with Crippen LogP contribution in [0.2, 0.25) is 0 Å². The lowest BCUT2D eigenvalue weighted by atomic mass is 10.0. The molecule has 0 aliphatic rings. The molecule has 0 aromatic heterocycles. The maximum atomic E-state index is 10.8. The summed E-state index contributed by atoms with van der Waals surface area (Å²) in [6, 6.07) is -2.35. The molecule has 0 saturated carbocycles. The van der Waals surface area contributed by atoms with Crippen molar-refractivity contribution in [3.63, 3.8) is 0 Å². The van der Waals surface area contributed by atoms with Crippen LogP contribution in [0.3, 0.4) is 0 Å². The molecule has 4 unspecified atom stereocenters. The van der Waals surface area contributed by atoms with Gasteiger partial charge in [0.15, 0.2) is 0 Å². The SMILES string of the molecule is O=CC(NS(=O)(=O)O)C(OS(=O)(=O)O)C(O)C(O)COS(=O)(=O)O. The van der Waals surface area contributed by atoms with Crippen molar-refractivity contribution >= 4 is 37.4 Å². The van der Waals surface area contributed by atoms with Crippen LogP contribution in [0.25, 0.3) is 0 Å². The number of aliphatic hydroxyl groups excluding tert-OH is 2. The van der Waals surface area contributed by atoms with Gasteiger partial charge >= 0.3 is 31.1 Å². The molecular weight excluding hydrogens is 406 g/mol. The molecule has 0 saturated heterocycles. The highest BCUT2D eigenvalue weighted by molar-refractivity contribution is 7.83. The van der Waals surface area contributed by atoms with Crippen LogP contribution < -0.4 is 4.72 Å². The van der Waals surface area contributed by atoms with E-state index in [0.29, 0.717) is 0 Å². The van der Waals surface area contributed by atoms with Gasteiger partial charge in [0.2, 0.25) is 0 Å². The van der Waals surface area contributed by atoms with Crippen molar-refractivity contribution in [2.24, 2.45) is 0 Å². The molecule has 0 bridgehead atoms. The Balaban J connectivity index is 5.48. The zero-order valence-corrected chi connectivity index (χ0v) is 13.7. The van der Waals surface area contributed by atoms with E-state index >= 15 is 0 Å². The van der Waals surface area contributed by atoms with Crippen LogP contribution in [-0.4, -0.2) is 86.4 Å². The van der Waals surface area contributed by atoms with Gasteiger partial charge in [-0.2, -0.15) is 30.0 Å². The first-order valence-corrected chi connectivity index (χ1v) is 9.56. The minimum Gasteiger partial charge on any atom is -0.388 e. The second-order valence-electron chi connectivity index (χ2n) is 4.01. The van der Waals surface area contributed by atoms with E-state index in [2.05, 4.69) is 8.37 Å². The lowest BCUT2D eigenvalue weighted by Crippen LogP contribution is -2.55. The van der Waals surface area contributed by atoms with E-state index in [0.717, 1.165) is 4.72 Å². The summed E-state index contributed by atoms with van der Waals surface area (Å²) >= 11 is 0. The molecule has 0 spiro atoms. The van der Waals surface area contributed by atoms with E-state index in [1.165, 1.54) is 0 Å². The van der Waals surface area contributed by atoms with Crippen LogP contribution in [0.4, 0.5) is 0 Å². The van der Waals surface area contributed by atoms with Gasteiger partial charge in [-0.15, -0.1) is 0 Å². The predicted molar refractivity (Wildman–Crippen MR) is 70.5 cm³/mol. The second-order valence-corrected chi connectivity index (χ2v) is 7.34. The van der Waals surface area contributed by atoms with Crippen molar-refractivity contribution in [2.75, 3.05) is 6.61 Å². The van der Waals surface area contributed by atoms with Gasteiger partial charge in [0.25, 0.3) is 0 Å². The summed E-state index contributed by atoms with van der Waals surface area (Å²) in [6.45, 7) is -1.37. The number of carbonyl (C=O) groups excluding carboxylic acids is 1. The van der Waals surface area contributed by atoms with Crippen LogP contribution in [0.5, 0.6) is 0 Å². The molecule has 4 atom stereocenters. The minimum atomic E-state index is -5.41. The van der Waals surface area contributed by atoms with Gasteiger partial charge in [-0.1, -0.05) is 0 Å². The Morgan fingerprint density at radius 2 is 1.46 bits per heavy atom. The summed E-state index contributed by atoms with van der Waals surface area (Å²) in [5.41, 5.74) is 0. The highest BCUT2D eigenvalue weighted by Crippen LogP contribution is 2.13. The Bertz CT molecular complexity index is 724. The number of rotatable bonds is 11. The van der Waals surface area contributed by atoms with Gasteiger partial charge in [0.05, 0.1) is 6.61 Å². The average Bonchev–Trinajstić information content (AvgIpc) is 2.36. The van der Waals surface area contributed by atoms with Crippen LogP contribution in [0, 0.1) is 0 Å². The number of carbonyl (C=O) groups is 1. The zero-order chi connectivity index (χ0) is 19.3. The van der Waals surface area contributed by atoms with E-state index in [1.807, 2.05) is 0 Å². The Labute approximate surface area is 136 Å². The summed E-state index contributed by atoms with van der Waals surface area (Å²) < 4.78 is 97.4. The molecule has 24 heavy (non-hydrogen) atoms. The third kappa shape index (κ3) is 10.1. The lowest BCUT2D eigenvalue weighted by molar-refractivity contribution is -0.116. The van der Waals surface area contributed by atoms with Crippen molar-refractivity contribution in [3.05, 3.63) is 0 Å². The fourth-order valence-electron chi connectivity index (χ4n) is 1.29. The maximum absolute atomic E-state index is 10.8. The molecule has 0 aliphatic carbocycles. The number of aliphatic hydroxyl groups is 2. The Kier molecular flexibility index (Phi) is 8.25. The third-order valence-electron chi connectivity index (χ3n) is 2.14.